The van der Waals surface area contributed by atoms with Gasteiger partial charge in [-0.25, -0.2) is 4.79 Å². The van der Waals surface area contributed by atoms with Gasteiger partial charge >= 0.3 is 6.03 Å². The Kier molecular flexibility index (Phi) is 5.68. The molecule has 0 saturated carbocycles. The van der Waals surface area contributed by atoms with E-state index < -0.39 is 0 Å². The molecular weight excluding hydrogens is 396 g/mol. The first-order valence-corrected chi connectivity index (χ1v) is 9.12. The van der Waals surface area contributed by atoms with Crippen LogP contribution in [-0.4, -0.2) is 22.2 Å². The van der Waals surface area contributed by atoms with Crippen molar-refractivity contribution in [1.29, 1.82) is 0 Å². The minimum Gasteiger partial charge on any atom is -0.335 e. The molecule has 6 nitrogen and oxygen atoms in total. The summed E-state index contributed by atoms with van der Waals surface area (Å²) < 4.78 is 6.34. The maximum atomic E-state index is 12.0. The largest absolute Gasteiger partial charge is 0.335 e. The third-order valence-electron chi connectivity index (χ3n) is 3.89. The number of amides is 2. The van der Waals surface area contributed by atoms with Gasteiger partial charge in [-0.2, -0.15) is 4.98 Å². The summed E-state index contributed by atoms with van der Waals surface area (Å²) in [6.45, 7) is 3.98. The zero-order chi connectivity index (χ0) is 18.5. The minimum absolute atomic E-state index is 0.115. The quantitative estimate of drug-likeness (QED) is 0.609. The molecule has 26 heavy (non-hydrogen) atoms. The summed E-state index contributed by atoms with van der Waals surface area (Å²) in [6, 6.07) is 14.8. The van der Waals surface area contributed by atoms with Crippen molar-refractivity contribution < 1.29 is 9.32 Å². The zero-order valence-electron chi connectivity index (χ0n) is 14.5. The average molecular weight is 415 g/mol. The summed E-state index contributed by atoms with van der Waals surface area (Å²) in [5.41, 5.74) is 2.27. The van der Waals surface area contributed by atoms with Gasteiger partial charge in [-0.15, -0.1) is 0 Å². The van der Waals surface area contributed by atoms with Crippen molar-refractivity contribution in [3.63, 3.8) is 0 Å². The number of carbonyl (C=O) groups excluding carboxylic acids is 1. The van der Waals surface area contributed by atoms with Crippen molar-refractivity contribution in [2.24, 2.45) is 0 Å². The molecule has 0 aliphatic carbocycles. The van der Waals surface area contributed by atoms with E-state index in [0.29, 0.717) is 17.4 Å². The van der Waals surface area contributed by atoms with Crippen molar-refractivity contribution >= 4 is 27.6 Å². The minimum atomic E-state index is -0.236. The lowest BCUT2D eigenvalue weighted by atomic mass is 10.2. The van der Waals surface area contributed by atoms with Crippen molar-refractivity contribution in [2.75, 3.05) is 5.32 Å². The highest BCUT2D eigenvalue weighted by atomic mass is 79.9. The number of benzene rings is 2. The number of nitrogens with one attached hydrogen (secondary N) is 2. The van der Waals surface area contributed by atoms with Crippen LogP contribution in [0.1, 0.15) is 20.3 Å². The lowest BCUT2D eigenvalue weighted by molar-refractivity contribution is 0.249. The van der Waals surface area contributed by atoms with Gasteiger partial charge in [-0.3, -0.25) is 0 Å². The van der Waals surface area contributed by atoms with Crippen molar-refractivity contribution in [3.8, 4) is 22.8 Å². The molecule has 3 rings (SSSR count). The fourth-order valence-electron chi connectivity index (χ4n) is 2.28. The van der Waals surface area contributed by atoms with Crippen LogP contribution in [0.4, 0.5) is 10.5 Å². The number of halogens is 1. The molecule has 0 spiro atoms. The van der Waals surface area contributed by atoms with Gasteiger partial charge in [-0.05, 0) is 49.7 Å². The third kappa shape index (κ3) is 4.49. The van der Waals surface area contributed by atoms with Crippen LogP contribution in [0, 0.1) is 0 Å². The average Bonchev–Trinajstić information content (AvgIpc) is 3.12. The van der Waals surface area contributed by atoms with E-state index in [1.807, 2.05) is 62.4 Å². The molecule has 3 aromatic rings. The number of aromatic nitrogens is 2. The topological polar surface area (TPSA) is 80.0 Å². The second-order valence-corrected chi connectivity index (χ2v) is 6.83. The highest BCUT2D eigenvalue weighted by Crippen LogP contribution is 2.25. The summed E-state index contributed by atoms with van der Waals surface area (Å²) >= 11 is 3.40. The number of carbonyl (C=O) groups is 1. The van der Waals surface area contributed by atoms with Gasteiger partial charge in [0, 0.05) is 27.3 Å². The Morgan fingerprint density at radius 1 is 1.19 bits per heavy atom. The van der Waals surface area contributed by atoms with Crippen molar-refractivity contribution in [3.05, 3.63) is 53.0 Å². The van der Waals surface area contributed by atoms with E-state index in [1.54, 1.807) is 0 Å². The van der Waals surface area contributed by atoms with Crippen LogP contribution in [0.25, 0.3) is 22.8 Å². The van der Waals surface area contributed by atoms with Gasteiger partial charge in [0.2, 0.25) is 5.82 Å². The number of hydrogen-bond acceptors (Lipinski definition) is 4. The van der Waals surface area contributed by atoms with Crippen LogP contribution in [0.3, 0.4) is 0 Å². The van der Waals surface area contributed by atoms with E-state index in [0.717, 1.165) is 22.0 Å². The molecule has 0 aliphatic rings. The molecule has 2 amide bonds. The van der Waals surface area contributed by atoms with Gasteiger partial charge in [0.15, 0.2) is 0 Å². The molecular formula is C19H19BrN4O2. The fourth-order valence-corrected chi connectivity index (χ4v) is 2.54. The van der Waals surface area contributed by atoms with Crippen LogP contribution in [0.15, 0.2) is 57.5 Å². The molecule has 2 N–H and O–H groups in total. The number of rotatable bonds is 5. The van der Waals surface area contributed by atoms with E-state index in [-0.39, 0.29) is 12.1 Å². The molecule has 2 aromatic carbocycles. The predicted octanol–water partition coefficient (Wildman–Crippen LogP) is 5.09. The summed E-state index contributed by atoms with van der Waals surface area (Å²) in [5.74, 6) is 0.911. The summed E-state index contributed by atoms with van der Waals surface area (Å²) in [7, 11) is 0. The number of hydrogen-bond donors (Lipinski definition) is 2. The Labute approximate surface area is 160 Å². The predicted molar refractivity (Wildman–Crippen MR) is 105 cm³/mol. The van der Waals surface area contributed by atoms with E-state index in [2.05, 4.69) is 36.7 Å². The van der Waals surface area contributed by atoms with Crippen molar-refractivity contribution in [1.82, 2.24) is 15.5 Å². The molecule has 1 unspecified atom stereocenters. The molecule has 1 aromatic heterocycles. The second-order valence-electron chi connectivity index (χ2n) is 5.92. The molecule has 0 bridgehead atoms. The van der Waals surface area contributed by atoms with E-state index in [4.69, 9.17) is 4.52 Å². The normalized spacial score (nSPS) is 11.8. The summed E-state index contributed by atoms with van der Waals surface area (Å²) in [5, 5.41) is 9.73. The first-order chi connectivity index (χ1) is 12.5. The molecule has 0 saturated heterocycles. The van der Waals surface area contributed by atoms with Crippen molar-refractivity contribution in [2.45, 2.75) is 26.3 Å². The standard InChI is InChI=1S/C19H19BrN4O2/c1-3-12(2)21-19(25)22-16-6-4-5-14(11-16)17-23-18(26-24-17)13-7-9-15(20)10-8-13/h4-12H,3H2,1-2H3,(H2,21,22,25). The first kappa shape index (κ1) is 18.1. The number of urea groups is 1. The van der Waals surface area contributed by atoms with Gasteiger partial charge in [0.25, 0.3) is 5.89 Å². The Balaban J connectivity index is 1.76. The smallest absolute Gasteiger partial charge is 0.319 e. The van der Waals surface area contributed by atoms with Crippen LogP contribution in [-0.2, 0) is 0 Å². The van der Waals surface area contributed by atoms with Gasteiger partial charge in [0.1, 0.15) is 0 Å². The van der Waals surface area contributed by atoms with Gasteiger partial charge < -0.3 is 15.2 Å². The third-order valence-corrected chi connectivity index (χ3v) is 4.41. The molecule has 7 heteroatoms. The van der Waals surface area contributed by atoms with Crippen LogP contribution >= 0.6 is 15.9 Å². The Morgan fingerprint density at radius 2 is 1.96 bits per heavy atom. The van der Waals surface area contributed by atoms with E-state index in [1.165, 1.54) is 0 Å². The number of anilines is 1. The molecule has 1 heterocycles. The summed E-state index contributed by atoms with van der Waals surface area (Å²) in [4.78, 5) is 16.4. The maximum Gasteiger partial charge on any atom is 0.319 e. The maximum absolute atomic E-state index is 12.0. The highest BCUT2D eigenvalue weighted by Gasteiger charge is 2.12. The molecule has 134 valence electrons. The first-order valence-electron chi connectivity index (χ1n) is 8.32. The number of nitrogens with zero attached hydrogens (tertiary/aromatic N) is 2. The lowest BCUT2D eigenvalue weighted by Crippen LogP contribution is -2.35. The van der Waals surface area contributed by atoms with Gasteiger partial charge in [-0.1, -0.05) is 40.1 Å². The lowest BCUT2D eigenvalue weighted by Gasteiger charge is -2.12. The monoisotopic (exact) mass is 414 g/mol. The highest BCUT2D eigenvalue weighted by molar-refractivity contribution is 9.10. The van der Waals surface area contributed by atoms with E-state index in [9.17, 15) is 4.79 Å². The van der Waals surface area contributed by atoms with Crippen LogP contribution in [0.5, 0.6) is 0 Å². The Hall–Kier alpha value is -2.67. The second kappa shape index (κ2) is 8.14. The van der Waals surface area contributed by atoms with Crippen LogP contribution < -0.4 is 10.6 Å². The zero-order valence-corrected chi connectivity index (χ0v) is 16.1. The van der Waals surface area contributed by atoms with Crippen LogP contribution in [0.2, 0.25) is 0 Å². The molecule has 0 radical (unpaired) electrons. The fraction of sp³-hybridized carbons (Fsp3) is 0.211. The summed E-state index contributed by atoms with van der Waals surface area (Å²) in [6.07, 6.45) is 0.870. The SMILES string of the molecule is CCC(C)NC(=O)Nc1cccc(-c2noc(-c3ccc(Br)cc3)n2)c1. The molecule has 1 atom stereocenters. The molecule has 0 aliphatic heterocycles. The molecule has 0 fully saturated rings. The Bertz CT molecular complexity index is 893. The van der Waals surface area contributed by atoms with Gasteiger partial charge in [0.05, 0.1) is 0 Å². The van der Waals surface area contributed by atoms with E-state index >= 15 is 0 Å². The Morgan fingerprint density at radius 3 is 2.69 bits per heavy atom.